The molecule has 1 aliphatic carbocycles. The Bertz CT molecular complexity index is 487. The number of carbonyl (C=O) groups is 2. The summed E-state index contributed by atoms with van der Waals surface area (Å²) in [5.74, 6) is 1.66. The van der Waals surface area contributed by atoms with Crippen molar-refractivity contribution < 1.29 is 9.59 Å². The SMILES string of the molecule is CC1CC(C(=O)N2CCCC3(CCC(=O)N3CCN(C)C)CC2)C1. The molecular formula is C19H33N3O2. The van der Waals surface area contributed by atoms with Gasteiger partial charge in [-0.3, -0.25) is 9.59 Å². The summed E-state index contributed by atoms with van der Waals surface area (Å²) in [6.45, 7) is 5.67. The maximum atomic E-state index is 12.7. The average Bonchev–Trinajstić information content (AvgIpc) is 2.68. The lowest BCUT2D eigenvalue weighted by molar-refractivity contribution is -0.139. The smallest absolute Gasteiger partial charge is 0.225 e. The minimum absolute atomic E-state index is 0.00896. The summed E-state index contributed by atoms with van der Waals surface area (Å²) in [6, 6.07) is 0. The van der Waals surface area contributed by atoms with Gasteiger partial charge in [-0.2, -0.15) is 0 Å². The van der Waals surface area contributed by atoms with E-state index in [0.29, 0.717) is 24.2 Å². The van der Waals surface area contributed by atoms with Crippen molar-refractivity contribution in [1.29, 1.82) is 0 Å². The van der Waals surface area contributed by atoms with Crippen LogP contribution < -0.4 is 0 Å². The van der Waals surface area contributed by atoms with Gasteiger partial charge in [0, 0.05) is 44.1 Å². The molecule has 3 aliphatic rings. The van der Waals surface area contributed by atoms with E-state index in [9.17, 15) is 9.59 Å². The highest BCUT2D eigenvalue weighted by molar-refractivity contribution is 5.81. The molecule has 136 valence electrons. The van der Waals surface area contributed by atoms with Crippen molar-refractivity contribution >= 4 is 11.8 Å². The monoisotopic (exact) mass is 335 g/mol. The maximum absolute atomic E-state index is 12.7. The maximum Gasteiger partial charge on any atom is 0.225 e. The first-order valence-electron chi connectivity index (χ1n) is 9.65. The van der Waals surface area contributed by atoms with E-state index in [1.807, 2.05) is 0 Å². The van der Waals surface area contributed by atoms with Gasteiger partial charge in [-0.1, -0.05) is 6.92 Å². The number of rotatable bonds is 4. The van der Waals surface area contributed by atoms with Gasteiger partial charge in [0.05, 0.1) is 0 Å². The van der Waals surface area contributed by atoms with Crippen LogP contribution in [-0.2, 0) is 9.59 Å². The van der Waals surface area contributed by atoms with Gasteiger partial charge in [0.25, 0.3) is 0 Å². The van der Waals surface area contributed by atoms with Gasteiger partial charge in [0.2, 0.25) is 11.8 Å². The highest BCUT2D eigenvalue weighted by Gasteiger charge is 2.46. The van der Waals surface area contributed by atoms with Gasteiger partial charge in [-0.15, -0.1) is 0 Å². The Kier molecular flexibility index (Phi) is 5.19. The first kappa shape index (κ1) is 17.7. The van der Waals surface area contributed by atoms with Crippen LogP contribution in [0.5, 0.6) is 0 Å². The van der Waals surface area contributed by atoms with E-state index in [4.69, 9.17) is 0 Å². The van der Waals surface area contributed by atoms with Crippen molar-refractivity contribution in [2.45, 2.75) is 57.4 Å². The molecular weight excluding hydrogens is 302 g/mol. The zero-order valence-corrected chi connectivity index (χ0v) is 15.6. The Hall–Kier alpha value is -1.10. The predicted molar refractivity (Wildman–Crippen MR) is 94.6 cm³/mol. The molecule has 1 atom stereocenters. The Balaban J connectivity index is 1.62. The lowest BCUT2D eigenvalue weighted by atomic mass is 9.75. The van der Waals surface area contributed by atoms with Gasteiger partial charge in [0.1, 0.15) is 0 Å². The Morgan fingerprint density at radius 2 is 1.96 bits per heavy atom. The molecule has 0 aromatic carbocycles. The van der Waals surface area contributed by atoms with E-state index in [0.717, 1.165) is 64.7 Å². The highest BCUT2D eigenvalue weighted by atomic mass is 16.2. The molecule has 1 unspecified atom stereocenters. The second-order valence-corrected chi connectivity index (χ2v) is 8.53. The fraction of sp³-hybridized carbons (Fsp3) is 0.895. The molecule has 2 aliphatic heterocycles. The lowest BCUT2D eigenvalue weighted by Crippen LogP contribution is -2.49. The topological polar surface area (TPSA) is 43.9 Å². The summed E-state index contributed by atoms with van der Waals surface area (Å²) < 4.78 is 0. The Morgan fingerprint density at radius 3 is 2.62 bits per heavy atom. The summed E-state index contributed by atoms with van der Waals surface area (Å²) in [7, 11) is 4.11. The van der Waals surface area contributed by atoms with Crippen molar-refractivity contribution in [3.63, 3.8) is 0 Å². The van der Waals surface area contributed by atoms with Crippen LogP contribution in [0.3, 0.4) is 0 Å². The van der Waals surface area contributed by atoms with E-state index >= 15 is 0 Å². The molecule has 1 spiro atoms. The number of nitrogens with zero attached hydrogens (tertiary/aromatic N) is 3. The molecule has 24 heavy (non-hydrogen) atoms. The van der Waals surface area contributed by atoms with E-state index in [2.05, 4.69) is 35.7 Å². The van der Waals surface area contributed by atoms with Crippen LogP contribution in [0.25, 0.3) is 0 Å². The normalized spacial score (nSPS) is 33.9. The van der Waals surface area contributed by atoms with Crippen LogP contribution in [0.1, 0.15) is 51.9 Å². The van der Waals surface area contributed by atoms with Crippen LogP contribution in [0.15, 0.2) is 0 Å². The molecule has 3 rings (SSSR count). The molecule has 2 saturated heterocycles. The predicted octanol–water partition coefficient (Wildman–Crippen LogP) is 1.97. The van der Waals surface area contributed by atoms with Crippen molar-refractivity contribution in [2.24, 2.45) is 11.8 Å². The number of likely N-dealkylation sites (N-methyl/N-ethyl adjacent to an activating group) is 1. The average molecular weight is 335 g/mol. The minimum atomic E-state index is 0.00896. The summed E-state index contributed by atoms with van der Waals surface area (Å²) >= 11 is 0. The number of hydrogen-bond donors (Lipinski definition) is 0. The van der Waals surface area contributed by atoms with Gasteiger partial charge in [-0.25, -0.2) is 0 Å². The first-order valence-corrected chi connectivity index (χ1v) is 9.65. The highest BCUT2D eigenvalue weighted by Crippen LogP contribution is 2.40. The summed E-state index contributed by atoms with van der Waals surface area (Å²) in [5, 5.41) is 0. The molecule has 5 heteroatoms. The van der Waals surface area contributed by atoms with E-state index in [1.165, 1.54) is 0 Å². The van der Waals surface area contributed by atoms with Gasteiger partial charge in [-0.05, 0) is 58.5 Å². The zero-order chi connectivity index (χ0) is 17.3. The zero-order valence-electron chi connectivity index (χ0n) is 15.6. The number of likely N-dealkylation sites (tertiary alicyclic amines) is 2. The van der Waals surface area contributed by atoms with Crippen molar-refractivity contribution in [3.05, 3.63) is 0 Å². The van der Waals surface area contributed by atoms with Crippen molar-refractivity contribution in [1.82, 2.24) is 14.7 Å². The summed E-state index contributed by atoms with van der Waals surface area (Å²) in [5.41, 5.74) is 0.00896. The fourth-order valence-electron chi connectivity index (χ4n) is 4.82. The van der Waals surface area contributed by atoms with Crippen LogP contribution in [-0.4, -0.2) is 72.3 Å². The first-order chi connectivity index (χ1) is 11.4. The Morgan fingerprint density at radius 1 is 1.21 bits per heavy atom. The van der Waals surface area contributed by atoms with Gasteiger partial charge < -0.3 is 14.7 Å². The Labute approximate surface area is 146 Å². The van der Waals surface area contributed by atoms with Gasteiger partial charge >= 0.3 is 0 Å². The standard InChI is InChI=1S/C19H33N3O2/c1-15-13-16(14-15)18(24)21-9-4-6-19(8-10-21)7-5-17(23)22(19)12-11-20(2)3/h15-16H,4-14H2,1-3H3. The van der Waals surface area contributed by atoms with Crippen LogP contribution in [0.4, 0.5) is 0 Å². The third-order valence-corrected chi connectivity index (χ3v) is 6.40. The van der Waals surface area contributed by atoms with Crippen molar-refractivity contribution in [3.8, 4) is 0 Å². The molecule has 0 radical (unpaired) electrons. The lowest BCUT2D eigenvalue weighted by Gasteiger charge is -2.39. The number of carbonyl (C=O) groups excluding carboxylic acids is 2. The van der Waals surface area contributed by atoms with E-state index < -0.39 is 0 Å². The molecule has 0 N–H and O–H groups in total. The second-order valence-electron chi connectivity index (χ2n) is 8.53. The number of hydrogen-bond acceptors (Lipinski definition) is 3. The molecule has 3 fully saturated rings. The van der Waals surface area contributed by atoms with Crippen LogP contribution >= 0.6 is 0 Å². The largest absolute Gasteiger partial charge is 0.342 e. The van der Waals surface area contributed by atoms with Crippen LogP contribution in [0.2, 0.25) is 0 Å². The van der Waals surface area contributed by atoms with E-state index in [1.54, 1.807) is 0 Å². The van der Waals surface area contributed by atoms with Crippen molar-refractivity contribution in [2.75, 3.05) is 40.3 Å². The third kappa shape index (κ3) is 3.46. The molecule has 0 aromatic heterocycles. The molecule has 2 heterocycles. The molecule has 1 saturated carbocycles. The molecule has 0 aromatic rings. The number of amides is 2. The van der Waals surface area contributed by atoms with E-state index in [-0.39, 0.29) is 11.5 Å². The molecule has 0 bridgehead atoms. The third-order valence-electron chi connectivity index (χ3n) is 6.40. The fourth-order valence-corrected chi connectivity index (χ4v) is 4.82. The second kappa shape index (κ2) is 7.03. The summed E-state index contributed by atoms with van der Waals surface area (Å²) in [6.07, 6.45) is 6.82. The quantitative estimate of drug-likeness (QED) is 0.789. The minimum Gasteiger partial charge on any atom is -0.342 e. The van der Waals surface area contributed by atoms with Crippen LogP contribution in [0, 0.1) is 11.8 Å². The molecule has 2 amide bonds. The summed E-state index contributed by atoms with van der Waals surface area (Å²) in [4.78, 5) is 31.5. The molecule has 5 nitrogen and oxygen atoms in total. The van der Waals surface area contributed by atoms with Gasteiger partial charge in [0.15, 0.2) is 0 Å².